The molecule has 0 bridgehead atoms. The number of aryl methyl sites for hydroxylation is 1. The predicted octanol–water partition coefficient (Wildman–Crippen LogP) is 2.84. The highest BCUT2D eigenvalue weighted by Gasteiger charge is 2.14. The number of nitrogens with zero attached hydrogens (tertiary/aromatic N) is 2. The molecule has 0 aliphatic rings. The van der Waals surface area contributed by atoms with Crippen molar-refractivity contribution in [3.63, 3.8) is 0 Å². The molecule has 0 aliphatic carbocycles. The summed E-state index contributed by atoms with van der Waals surface area (Å²) in [7, 11) is 1.67. The van der Waals surface area contributed by atoms with Crippen molar-refractivity contribution in [2.45, 2.75) is 13.3 Å². The van der Waals surface area contributed by atoms with Crippen LogP contribution in [0.1, 0.15) is 13.3 Å². The number of benzene rings is 1. The van der Waals surface area contributed by atoms with E-state index in [1.54, 1.807) is 26.1 Å². The molecule has 0 saturated carbocycles. The molecule has 0 atom stereocenters. The molecule has 108 valence electrons. The third-order valence-corrected chi connectivity index (χ3v) is 3.44. The summed E-state index contributed by atoms with van der Waals surface area (Å²) in [5.41, 5.74) is 0.415. The molecule has 0 spiro atoms. The van der Waals surface area contributed by atoms with E-state index in [0.29, 0.717) is 34.3 Å². The highest BCUT2D eigenvalue weighted by Crippen LogP contribution is 2.29. The van der Waals surface area contributed by atoms with Crippen LogP contribution >= 0.6 is 15.9 Å². The van der Waals surface area contributed by atoms with Crippen molar-refractivity contribution in [3.8, 4) is 0 Å². The van der Waals surface area contributed by atoms with Crippen molar-refractivity contribution in [1.29, 1.82) is 0 Å². The second kappa shape index (κ2) is 6.21. The van der Waals surface area contributed by atoms with Crippen LogP contribution in [0.15, 0.2) is 16.6 Å². The Morgan fingerprint density at radius 3 is 3.00 bits per heavy atom. The van der Waals surface area contributed by atoms with E-state index in [1.807, 2.05) is 0 Å². The Hall–Kier alpha value is -1.63. The minimum atomic E-state index is -0.351. The number of carbonyl (C=O) groups excluding carboxylic acids is 1. The van der Waals surface area contributed by atoms with Crippen LogP contribution in [-0.4, -0.2) is 28.9 Å². The maximum atomic E-state index is 14.0. The fourth-order valence-electron chi connectivity index (χ4n) is 1.95. The van der Waals surface area contributed by atoms with E-state index in [0.717, 1.165) is 0 Å². The number of ether oxygens (including phenoxy) is 1. The van der Waals surface area contributed by atoms with Crippen LogP contribution in [0.5, 0.6) is 0 Å². The second-order valence-corrected chi connectivity index (χ2v) is 5.07. The molecule has 1 heterocycles. The molecule has 1 N–H and O–H groups in total. The lowest BCUT2D eigenvalue weighted by molar-refractivity contribution is -0.142. The molecular weight excluding hydrogens is 329 g/mol. The van der Waals surface area contributed by atoms with E-state index in [-0.39, 0.29) is 18.2 Å². The molecule has 2 rings (SSSR count). The molecule has 1 aromatic carbocycles. The zero-order chi connectivity index (χ0) is 14.7. The molecule has 0 amide bonds. The van der Waals surface area contributed by atoms with Crippen LogP contribution in [-0.2, 0) is 16.6 Å². The van der Waals surface area contributed by atoms with E-state index >= 15 is 0 Å². The van der Waals surface area contributed by atoms with Gasteiger partial charge in [0.05, 0.1) is 17.5 Å². The van der Waals surface area contributed by atoms with Gasteiger partial charge in [0.15, 0.2) is 11.6 Å². The number of halogens is 2. The maximum Gasteiger partial charge on any atom is 0.307 e. The quantitative estimate of drug-likeness (QED) is 0.848. The topological polar surface area (TPSA) is 56.1 Å². The van der Waals surface area contributed by atoms with Crippen molar-refractivity contribution >= 4 is 38.6 Å². The first-order valence-electron chi connectivity index (χ1n) is 6.24. The van der Waals surface area contributed by atoms with Crippen molar-refractivity contribution in [2.75, 3.05) is 18.5 Å². The van der Waals surface area contributed by atoms with Gasteiger partial charge in [-0.1, -0.05) is 0 Å². The van der Waals surface area contributed by atoms with Crippen LogP contribution < -0.4 is 5.32 Å². The highest BCUT2D eigenvalue weighted by atomic mass is 79.9. The van der Waals surface area contributed by atoms with Gasteiger partial charge in [0.1, 0.15) is 5.52 Å². The molecule has 1 aromatic heterocycles. The lowest BCUT2D eigenvalue weighted by atomic mass is 10.2. The average molecular weight is 344 g/mol. The van der Waals surface area contributed by atoms with E-state index in [1.165, 1.54) is 4.68 Å². The van der Waals surface area contributed by atoms with Crippen LogP contribution in [0.3, 0.4) is 0 Å². The Balaban J connectivity index is 2.16. The molecule has 0 unspecified atom stereocenters. The molecule has 2 aromatic rings. The molecule has 0 aliphatic heterocycles. The number of hydrogen-bond acceptors (Lipinski definition) is 4. The Morgan fingerprint density at radius 2 is 2.30 bits per heavy atom. The van der Waals surface area contributed by atoms with Gasteiger partial charge in [0, 0.05) is 19.0 Å². The van der Waals surface area contributed by atoms with E-state index < -0.39 is 0 Å². The number of aromatic nitrogens is 2. The van der Waals surface area contributed by atoms with Gasteiger partial charge in [-0.2, -0.15) is 5.10 Å². The number of nitrogens with one attached hydrogen (secondary N) is 1. The Kier molecular flexibility index (Phi) is 4.59. The first kappa shape index (κ1) is 14.8. The number of hydrogen-bond donors (Lipinski definition) is 1. The van der Waals surface area contributed by atoms with Gasteiger partial charge >= 0.3 is 5.97 Å². The number of anilines is 1. The van der Waals surface area contributed by atoms with Crippen molar-refractivity contribution < 1.29 is 13.9 Å². The number of fused-ring (bicyclic) bond motifs is 1. The summed E-state index contributed by atoms with van der Waals surface area (Å²) in [5.74, 6) is -0.0664. The Bertz CT molecular complexity index is 642. The lowest BCUT2D eigenvalue weighted by Crippen LogP contribution is -2.11. The number of rotatable bonds is 5. The largest absolute Gasteiger partial charge is 0.466 e. The predicted molar refractivity (Wildman–Crippen MR) is 78.1 cm³/mol. The summed E-state index contributed by atoms with van der Waals surface area (Å²) in [6.45, 7) is 2.52. The SMILES string of the molecule is CCOC(=O)CCNc1nn(C)c2c(F)c(Br)ccc12. The molecule has 0 saturated heterocycles. The monoisotopic (exact) mass is 343 g/mol. The van der Waals surface area contributed by atoms with Crippen LogP contribution in [0, 0.1) is 5.82 Å². The molecular formula is C13H15BrFN3O2. The van der Waals surface area contributed by atoms with Crippen molar-refractivity contribution in [2.24, 2.45) is 7.05 Å². The van der Waals surface area contributed by atoms with E-state index in [9.17, 15) is 9.18 Å². The van der Waals surface area contributed by atoms with E-state index in [4.69, 9.17) is 4.74 Å². The number of carbonyl (C=O) groups is 1. The maximum absolute atomic E-state index is 14.0. The van der Waals surface area contributed by atoms with Crippen LogP contribution in [0.2, 0.25) is 0 Å². The van der Waals surface area contributed by atoms with Gasteiger partial charge in [-0.3, -0.25) is 9.48 Å². The van der Waals surface area contributed by atoms with Gasteiger partial charge < -0.3 is 10.1 Å². The van der Waals surface area contributed by atoms with Gasteiger partial charge in [-0.25, -0.2) is 4.39 Å². The lowest BCUT2D eigenvalue weighted by Gasteiger charge is -2.03. The molecule has 5 nitrogen and oxygen atoms in total. The van der Waals surface area contributed by atoms with Crippen LogP contribution in [0.4, 0.5) is 10.2 Å². The first-order chi connectivity index (χ1) is 9.54. The van der Waals surface area contributed by atoms with Crippen molar-refractivity contribution in [3.05, 3.63) is 22.4 Å². The molecule has 0 fully saturated rings. The average Bonchev–Trinajstić information content (AvgIpc) is 2.71. The smallest absolute Gasteiger partial charge is 0.307 e. The summed E-state index contributed by atoms with van der Waals surface area (Å²) in [4.78, 5) is 11.2. The summed E-state index contributed by atoms with van der Waals surface area (Å²) >= 11 is 3.15. The summed E-state index contributed by atoms with van der Waals surface area (Å²) in [5, 5.41) is 7.93. The third-order valence-electron chi connectivity index (χ3n) is 2.82. The standard InChI is InChI=1S/C13H15BrFN3O2/c1-3-20-10(19)6-7-16-13-8-4-5-9(14)11(15)12(8)18(2)17-13/h4-5H,3,6-7H2,1-2H3,(H,16,17). The molecule has 7 heteroatoms. The molecule has 20 heavy (non-hydrogen) atoms. The summed E-state index contributed by atoms with van der Waals surface area (Å²) < 4.78 is 20.7. The van der Waals surface area contributed by atoms with Gasteiger partial charge in [-0.05, 0) is 35.0 Å². The fourth-order valence-corrected chi connectivity index (χ4v) is 2.27. The zero-order valence-electron chi connectivity index (χ0n) is 11.2. The van der Waals surface area contributed by atoms with Crippen LogP contribution in [0.25, 0.3) is 10.9 Å². The highest BCUT2D eigenvalue weighted by molar-refractivity contribution is 9.10. The second-order valence-electron chi connectivity index (χ2n) is 4.21. The Morgan fingerprint density at radius 1 is 1.55 bits per heavy atom. The zero-order valence-corrected chi connectivity index (χ0v) is 12.8. The number of esters is 1. The summed E-state index contributed by atoms with van der Waals surface area (Å²) in [6.07, 6.45) is 0.241. The minimum Gasteiger partial charge on any atom is -0.466 e. The Labute approximate surface area is 124 Å². The van der Waals surface area contributed by atoms with Gasteiger partial charge in [0.2, 0.25) is 0 Å². The van der Waals surface area contributed by atoms with Gasteiger partial charge in [0.25, 0.3) is 0 Å². The first-order valence-corrected chi connectivity index (χ1v) is 7.04. The fraction of sp³-hybridized carbons (Fsp3) is 0.385. The third kappa shape index (κ3) is 2.92. The molecule has 0 radical (unpaired) electrons. The van der Waals surface area contributed by atoms with Gasteiger partial charge in [-0.15, -0.1) is 0 Å². The van der Waals surface area contributed by atoms with Crippen molar-refractivity contribution in [1.82, 2.24) is 9.78 Å². The summed E-state index contributed by atoms with van der Waals surface area (Å²) in [6, 6.07) is 3.41. The minimum absolute atomic E-state index is 0.241. The van der Waals surface area contributed by atoms with E-state index in [2.05, 4.69) is 26.3 Å². The normalized spacial score (nSPS) is 10.8.